The van der Waals surface area contributed by atoms with Crippen LogP contribution in [0, 0.1) is 12.3 Å². The van der Waals surface area contributed by atoms with E-state index in [9.17, 15) is 93.4 Å². The molecule has 123 heavy (non-hydrogen) atoms. The minimum Gasteiger partial charge on any atom is -0.465 e. The number of sulfone groups is 1. The van der Waals surface area contributed by atoms with Crippen LogP contribution in [0.25, 0.3) is 61.3 Å². The summed E-state index contributed by atoms with van der Waals surface area (Å²) in [5.74, 6) is 0.986. The topological polar surface area (TPSA) is 248 Å². The summed E-state index contributed by atoms with van der Waals surface area (Å²) in [5, 5.41) is 34.9. The van der Waals surface area contributed by atoms with Crippen LogP contribution in [0.4, 0.5) is 75.9 Å². The van der Waals surface area contributed by atoms with Crippen LogP contribution < -0.4 is 0 Å². The lowest BCUT2D eigenvalue weighted by molar-refractivity contribution is -0.229. The molecule has 0 fully saturated rings. The number of azide groups is 1. The van der Waals surface area contributed by atoms with Crippen molar-refractivity contribution in [2.75, 3.05) is 20.5 Å². The second-order valence-electron chi connectivity index (χ2n) is 25.8. The van der Waals surface area contributed by atoms with Gasteiger partial charge in [-0.05, 0) is 147 Å². The fourth-order valence-electron chi connectivity index (χ4n) is 10.1. The molecule has 654 valence electrons. The number of rotatable bonds is 16. The number of benzene rings is 8. The van der Waals surface area contributed by atoms with Crippen LogP contribution in [-0.2, 0) is 54.3 Å². The minimum atomic E-state index is -5.17. The molecule has 0 radical (unpaired) electrons. The van der Waals surface area contributed by atoms with Crippen LogP contribution in [0.3, 0.4) is 0 Å². The fourth-order valence-corrected chi connectivity index (χ4v) is 14.3. The van der Waals surface area contributed by atoms with E-state index < -0.39 is 91.4 Å². The number of hydrogen-bond donors (Lipinski definition) is 1. The highest BCUT2D eigenvalue weighted by atomic mass is 35.5. The SMILES string of the molecule is C#Cc1ccc(Cl)c(C(=O)OC)c1.CC(F)(c1cc(Cl)c(-n2cc(-c3ccc(Cl)c(CO)c3)nn2)c(Cl)c1)C(F)(F)F.CC(F)(c1cc(Cl)c(-n2cc(-c3ccc(Cl)c(CS(C)(=O)=O)c3)nn2)c(Cl)c1)C(F)(F)F.CC(F)(c1cc(Cl)c(N=[N+]=[N-])c(Cl)c1)C(F)(F)F.COC(=O)c1cc(-c2cn(-c3c(Cl)cc(C(C)(F)C(F)(F)F)cc3Cl)nn2)ccc1Cl. The van der Waals surface area contributed by atoms with Crippen molar-refractivity contribution >= 4 is 167 Å². The van der Waals surface area contributed by atoms with Gasteiger partial charge < -0.3 is 14.6 Å². The minimum absolute atomic E-state index is 0.000805. The van der Waals surface area contributed by atoms with E-state index in [1.54, 1.807) is 42.5 Å². The number of aliphatic hydroxyl groups excluding tert-OH is 1. The maximum atomic E-state index is 14.3. The van der Waals surface area contributed by atoms with E-state index in [1.165, 1.54) is 67.8 Å². The number of terminal acetylenes is 1. The zero-order chi connectivity index (χ0) is 92.7. The molecule has 48 heteroatoms. The third-order valence-corrected chi connectivity index (χ3v) is 21.7. The molecule has 0 spiro atoms. The molecule has 0 amide bonds. The average Bonchev–Trinajstić information content (AvgIpc) is 1.69. The summed E-state index contributed by atoms with van der Waals surface area (Å²) < 4.78 is 247. The number of carbonyl (C=O) groups excluding carboxylic acids is 2. The van der Waals surface area contributed by atoms with Gasteiger partial charge in [-0.3, -0.25) is 0 Å². The number of alkyl halides is 16. The zero-order valence-corrected chi connectivity index (χ0v) is 72.4. The molecule has 19 nitrogen and oxygen atoms in total. The first-order valence-corrected chi connectivity index (χ1v) is 39.7. The summed E-state index contributed by atoms with van der Waals surface area (Å²) in [6.07, 6.45) is -10.1. The molecule has 8 aromatic carbocycles. The Morgan fingerprint density at radius 1 is 0.439 bits per heavy atom. The van der Waals surface area contributed by atoms with Gasteiger partial charge in [-0.15, -0.1) is 21.7 Å². The van der Waals surface area contributed by atoms with E-state index >= 15 is 0 Å². The van der Waals surface area contributed by atoms with E-state index in [2.05, 4.69) is 56.4 Å². The Labute approximate surface area is 745 Å². The number of hydrogen-bond acceptors (Lipinski definition) is 14. The molecule has 0 aliphatic rings. The van der Waals surface area contributed by atoms with E-state index in [0.29, 0.717) is 88.1 Å². The molecule has 0 saturated heterocycles. The number of nitrogens with zero attached hydrogens (tertiary/aromatic N) is 12. The average molecular weight is 1990 g/mol. The van der Waals surface area contributed by atoms with Gasteiger partial charge in [0.25, 0.3) is 0 Å². The van der Waals surface area contributed by atoms with Crippen molar-refractivity contribution < 1.29 is 103 Å². The third kappa shape index (κ3) is 23.9. The third-order valence-electron chi connectivity index (χ3n) is 17.2. The quantitative estimate of drug-likeness (QED) is 0.0236. The number of esters is 2. The number of ether oxygens (including phenoxy) is 2. The van der Waals surface area contributed by atoms with Crippen LogP contribution in [0.1, 0.15) is 87.4 Å². The summed E-state index contributed by atoms with van der Waals surface area (Å²) in [5.41, 5.74) is -5.23. The monoisotopic (exact) mass is 1990 g/mol. The van der Waals surface area contributed by atoms with Crippen molar-refractivity contribution in [1.82, 2.24) is 45.0 Å². The Balaban J connectivity index is 0.000000218. The van der Waals surface area contributed by atoms with Gasteiger partial charge in [-0.25, -0.2) is 49.6 Å². The van der Waals surface area contributed by atoms with Crippen LogP contribution in [0.2, 0.25) is 60.3 Å². The molecule has 11 rings (SSSR count). The highest BCUT2D eigenvalue weighted by Crippen LogP contribution is 2.50. The molecule has 3 heterocycles. The number of carbonyl (C=O) groups is 2. The van der Waals surface area contributed by atoms with E-state index in [4.69, 9.17) is 151 Å². The highest BCUT2D eigenvalue weighted by molar-refractivity contribution is 7.89. The Hall–Kier alpha value is -8.74. The van der Waals surface area contributed by atoms with Gasteiger partial charge in [0.1, 0.15) is 34.1 Å². The van der Waals surface area contributed by atoms with Gasteiger partial charge in [0.2, 0.25) is 22.7 Å². The molecule has 4 atom stereocenters. The summed E-state index contributed by atoms with van der Waals surface area (Å²) >= 11 is 71.6. The van der Waals surface area contributed by atoms with Crippen molar-refractivity contribution in [3.8, 4) is 63.2 Å². The second-order valence-corrected chi connectivity index (χ2v) is 32.9. The van der Waals surface area contributed by atoms with Crippen LogP contribution in [0.5, 0.6) is 0 Å². The van der Waals surface area contributed by atoms with Crippen LogP contribution in [0.15, 0.2) is 145 Å². The summed E-state index contributed by atoms with van der Waals surface area (Å²) in [4.78, 5) is 25.4. The zero-order valence-electron chi connectivity index (χ0n) is 62.5. The molecule has 1 N–H and O–H groups in total. The molecular formula is C75H50Cl12F16N12O7S. The number of methoxy groups -OCH3 is 2. The summed E-state index contributed by atoms with van der Waals surface area (Å²) in [6, 6.07) is 25.2. The van der Waals surface area contributed by atoms with Crippen molar-refractivity contribution in [3.05, 3.63) is 261 Å². The second kappa shape index (κ2) is 39.8. The van der Waals surface area contributed by atoms with Crippen molar-refractivity contribution in [1.29, 1.82) is 0 Å². The van der Waals surface area contributed by atoms with Gasteiger partial charge >= 0.3 is 36.6 Å². The summed E-state index contributed by atoms with van der Waals surface area (Å²) in [7, 11) is -0.848. The normalized spacial score (nSPS) is 13.7. The molecule has 0 aliphatic heterocycles. The fraction of sp³-hybridized carbons (Fsp3) is 0.227. The molecule has 0 saturated carbocycles. The van der Waals surface area contributed by atoms with Crippen molar-refractivity contribution in [2.24, 2.45) is 5.11 Å². The van der Waals surface area contributed by atoms with Gasteiger partial charge in [-0.2, -0.15) is 52.7 Å². The maximum Gasteiger partial charge on any atom is 0.426 e. The molecule has 0 aliphatic carbocycles. The van der Waals surface area contributed by atoms with Crippen molar-refractivity contribution in [3.63, 3.8) is 0 Å². The predicted octanol–water partition coefficient (Wildman–Crippen LogP) is 26.5. The van der Waals surface area contributed by atoms with E-state index in [1.807, 2.05) is 0 Å². The Morgan fingerprint density at radius 3 is 1.00 bits per heavy atom. The Bertz CT molecular complexity index is 5950. The van der Waals surface area contributed by atoms with E-state index in [0.717, 1.165) is 64.2 Å². The van der Waals surface area contributed by atoms with E-state index in [-0.39, 0.29) is 96.6 Å². The number of aliphatic hydroxyl groups is 1. The lowest BCUT2D eigenvalue weighted by atomic mass is 9.97. The van der Waals surface area contributed by atoms with Crippen molar-refractivity contribution in [2.45, 2.75) is 87.4 Å². The number of aromatic nitrogens is 9. The first-order valence-electron chi connectivity index (χ1n) is 33.1. The Morgan fingerprint density at radius 2 is 0.715 bits per heavy atom. The predicted molar refractivity (Wildman–Crippen MR) is 435 cm³/mol. The molecule has 11 aromatic rings. The van der Waals surface area contributed by atoms with Gasteiger partial charge in [0.15, 0.2) is 9.84 Å². The van der Waals surface area contributed by atoms with Gasteiger partial charge in [0.05, 0.1) is 112 Å². The van der Waals surface area contributed by atoms with Gasteiger partial charge in [-0.1, -0.05) is 184 Å². The van der Waals surface area contributed by atoms with Crippen LogP contribution >= 0.6 is 139 Å². The molecule has 3 aromatic heterocycles. The van der Waals surface area contributed by atoms with Crippen LogP contribution in [-0.4, -0.2) is 116 Å². The lowest BCUT2D eigenvalue weighted by Crippen LogP contribution is -2.35. The first kappa shape index (κ1) is 101. The largest absolute Gasteiger partial charge is 0.465 e. The van der Waals surface area contributed by atoms with Gasteiger partial charge in [0, 0.05) is 65.7 Å². The highest BCUT2D eigenvalue weighted by Gasteiger charge is 2.57. The lowest BCUT2D eigenvalue weighted by Gasteiger charge is -2.25. The first-order chi connectivity index (χ1) is 56.7. The standard InChI is InChI=1S/C19H14Cl3F4N3O2S.C19H12Cl3F4N3O2.C18H12Cl3F4N3O.C10H7ClO2.C9H5Cl2F4N3/c1-18(23,19(24,25)26)12-6-14(21)17(15(22)7-12)29-8-16(27-28-29)10-3-4-13(20)11(5-10)9-32(2,30)31;1-18(23,19(24,25)26)10-6-13(21)16(14(22)7-10)29-8-15(27-28-29)9-3-4-12(20)11(5-9)17(30)31-2;1-17(22,18(23,24)25)11-5-13(20)16(14(21)6-11)28-7-15(26-27-28)9-2-3-12(19)10(4-9)8-29;1-3-7-4-5-9(11)8(6-7)10(12)13-2;1-8(12,9(13,14)15)4-2-5(10)7(17-18-16)6(11)3-4/h3-8H,9H2,1-2H3;3-8H,1-2H3;2-7,29H,8H2,1H3;1,4-6H,2H3;2-3H,1H3. The smallest absolute Gasteiger partial charge is 0.426 e. The maximum absolute atomic E-state index is 14.3. The molecular weight excluding hydrogens is 1940 g/mol. The number of halogens is 28. The Kier molecular flexibility index (Phi) is 32.8. The molecule has 4 unspecified atom stereocenters. The summed E-state index contributed by atoms with van der Waals surface area (Å²) in [6.45, 7) is 1.21. The molecule has 0 bridgehead atoms.